The van der Waals surface area contributed by atoms with Crippen LogP contribution in [-0.2, 0) is 12.8 Å². The van der Waals surface area contributed by atoms with Crippen LogP contribution in [0.25, 0.3) is 0 Å². The molecule has 0 saturated carbocycles. The lowest BCUT2D eigenvalue weighted by Gasteiger charge is -2.12. The van der Waals surface area contributed by atoms with Crippen molar-refractivity contribution >= 4 is 0 Å². The van der Waals surface area contributed by atoms with Crippen molar-refractivity contribution in [3.63, 3.8) is 0 Å². The van der Waals surface area contributed by atoms with Gasteiger partial charge >= 0.3 is 0 Å². The smallest absolute Gasteiger partial charge is 0.126 e. The normalized spacial score (nSPS) is 11.7. The van der Waals surface area contributed by atoms with Crippen LogP contribution >= 0.6 is 0 Å². The molecule has 2 aromatic carbocycles. The first-order chi connectivity index (χ1) is 13.2. The third kappa shape index (κ3) is 8.41. The molecule has 0 radical (unpaired) electrons. The third-order valence-electron chi connectivity index (χ3n) is 4.78. The highest BCUT2D eigenvalue weighted by molar-refractivity contribution is 5.36. The highest BCUT2D eigenvalue weighted by Gasteiger charge is 2.08. The summed E-state index contributed by atoms with van der Waals surface area (Å²) in [4.78, 5) is 0. The van der Waals surface area contributed by atoms with Crippen LogP contribution in [0.15, 0.2) is 48.5 Å². The lowest BCUT2D eigenvalue weighted by atomic mass is 9.99. The quantitative estimate of drug-likeness (QED) is 0.403. The Morgan fingerprint density at radius 1 is 0.889 bits per heavy atom. The molecule has 0 amide bonds. The zero-order valence-corrected chi connectivity index (χ0v) is 16.5. The molecule has 2 aromatic rings. The molecule has 0 heterocycles. The lowest BCUT2D eigenvalue weighted by molar-refractivity contribution is 0.584. The summed E-state index contributed by atoms with van der Waals surface area (Å²) >= 11 is 0. The standard InChI is InChI=1S/C25H32FN/c1-2-3-4-5-6-7-8-9-12-21-15-17-22(18-16-21)19-24(27)20-23-13-10-11-14-25(23)26/h10-11,13-18,24H,2-8,19-20,27H2,1H3. The Morgan fingerprint density at radius 3 is 2.33 bits per heavy atom. The number of hydrogen-bond acceptors (Lipinski definition) is 1. The highest BCUT2D eigenvalue weighted by atomic mass is 19.1. The third-order valence-corrected chi connectivity index (χ3v) is 4.78. The van der Waals surface area contributed by atoms with Crippen LogP contribution < -0.4 is 5.73 Å². The minimum Gasteiger partial charge on any atom is -0.327 e. The van der Waals surface area contributed by atoms with Gasteiger partial charge in [-0.05, 0) is 48.6 Å². The van der Waals surface area contributed by atoms with Gasteiger partial charge < -0.3 is 5.73 Å². The van der Waals surface area contributed by atoms with Gasteiger partial charge in [0.2, 0.25) is 0 Å². The summed E-state index contributed by atoms with van der Waals surface area (Å²) in [5.41, 5.74) is 9.11. The first-order valence-electron chi connectivity index (χ1n) is 10.3. The number of nitrogens with two attached hydrogens (primary N) is 1. The van der Waals surface area contributed by atoms with Crippen molar-refractivity contribution in [2.75, 3.05) is 0 Å². The number of rotatable bonds is 10. The van der Waals surface area contributed by atoms with Gasteiger partial charge in [-0.25, -0.2) is 4.39 Å². The molecule has 144 valence electrons. The Balaban J connectivity index is 1.73. The Hall–Kier alpha value is -2.11. The van der Waals surface area contributed by atoms with Crippen LogP contribution in [0.2, 0.25) is 0 Å². The molecule has 0 bridgehead atoms. The minimum atomic E-state index is -0.177. The average molecular weight is 366 g/mol. The van der Waals surface area contributed by atoms with E-state index in [1.54, 1.807) is 12.1 Å². The van der Waals surface area contributed by atoms with Gasteiger partial charge in [-0.2, -0.15) is 0 Å². The molecular weight excluding hydrogens is 333 g/mol. The monoisotopic (exact) mass is 365 g/mol. The lowest BCUT2D eigenvalue weighted by Crippen LogP contribution is -2.25. The molecule has 2 rings (SSSR count). The zero-order valence-electron chi connectivity index (χ0n) is 16.5. The van der Waals surface area contributed by atoms with Crippen LogP contribution in [0.5, 0.6) is 0 Å². The molecule has 27 heavy (non-hydrogen) atoms. The van der Waals surface area contributed by atoms with Crippen LogP contribution in [0.3, 0.4) is 0 Å². The summed E-state index contributed by atoms with van der Waals surface area (Å²) in [5, 5.41) is 0. The first kappa shape index (κ1) is 21.2. The molecule has 0 aliphatic rings. The van der Waals surface area contributed by atoms with Crippen molar-refractivity contribution in [2.24, 2.45) is 5.73 Å². The highest BCUT2D eigenvalue weighted by Crippen LogP contribution is 2.12. The molecule has 0 aliphatic carbocycles. The van der Waals surface area contributed by atoms with Crippen LogP contribution in [0.1, 0.15) is 68.6 Å². The van der Waals surface area contributed by atoms with Gasteiger partial charge in [0.1, 0.15) is 5.82 Å². The second kappa shape index (κ2) is 12.3. The molecule has 1 unspecified atom stereocenters. The van der Waals surface area contributed by atoms with Crippen molar-refractivity contribution in [3.8, 4) is 11.8 Å². The SMILES string of the molecule is CCCCCCCCC#Cc1ccc(CC(N)Cc2ccccc2F)cc1. The van der Waals surface area contributed by atoms with Crippen molar-refractivity contribution in [1.29, 1.82) is 0 Å². The van der Waals surface area contributed by atoms with Gasteiger partial charge in [-0.1, -0.05) is 81.2 Å². The van der Waals surface area contributed by atoms with E-state index in [1.165, 1.54) is 50.2 Å². The maximum atomic E-state index is 13.7. The number of benzene rings is 2. The van der Waals surface area contributed by atoms with Gasteiger partial charge in [0.25, 0.3) is 0 Å². The topological polar surface area (TPSA) is 26.0 Å². The zero-order chi connectivity index (χ0) is 19.3. The van der Waals surface area contributed by atoms with Gasteiger partial charge in [0.05, 0.1) is 0 Å². The van der Waals surface area contributed by atoms with Crippen LogP contribution in [0, 0.1) is 17.7 Å². The van der Waals surface area contributed by atoms with E-state index in [0.29, 0.717) is 12.0 Å². The van der Waals surface area contributed by atoms with Crippen molar-refractivity contribution in [1.82, 2.24) is 0 Å². The summed E-state index contributed by atoms with van der Waals surface area (Å²) in [7, 11) is 0. The van der Waals surface area contributed by atoms with Gasteiger partial charge in [0, 0.05) is 18.0 Å². The van der Waals surface area contributed by atoms with E-state index >= 15 is 0 Å². The fourth-order valence-corrected chi connectivity index (χ4v) is 3.20. The van der Waals surface area contributed by atoms with Crippen LogP contribution in [0.4, 0.5) is 4.39 Å². The van der Waals surface area contributed by atoms with Crippen molar-refractivity contribution < 1.29 is 4.39 Å². The van der Waals surface area contributed by atoms with E-state index in [-0.39, 0.29) is 11.9 Å². The minimum absolute atomic E-state index is 0.0912. The molecule has 2 heteroatoms. The van der Waals surface area contributed by atoms with Crippen LogP contribution in [-0.4, -0.2) is 6.04 Å². The molecule has 0 aromatic heterocycles. The Kier molecular flexibility index (Phi) is 9.66. The number of unbranched alkanes of at least 4 members (excludes halogenated alkanes) is 6. The molecule has 1 nitrogen and oxygen atoms in total. The molecular formula is C25H32FN. The Morgan fingerprint density at radius 2 is 1.59 bits per heavy atom. The van der Waals surface area contributed by atoms with Gasteiger partial charge in [0.15, 0.2) is 0 Å². The van der Waals surface area contributed by atoms with E-state index in [2.05, 4.69) is 43.0 Å². The maximum absolute atomic E-state index is 13.7. The summed E-state index contributed by atoms with van der Waals surface area (Å²) in [6.45, 7) is 2.24. The predicted octanol–water partition coefficient (Wildman–Crippen LogP) is 6.04. The second-order valence-corrected chi connectivity index (χ2v) is 7.28. The fraction of sp³-hybridized carbons (Fsp3) is 0.440. The van der Waals surface area contributed by atoms with E-state index in [0.717, 1.165) is 18.4 Å². The molecule has 1 atom stereocenters. The summed E-state index contributed by atoms with van der Waals surface area (Å²) < 4.78 is 13.7. The van der Waals surface area contributed by atoms with Crippen molar-refractivity contribution in [2.45, 2.75) is 70.8 Å². The molecule has 0 saturated heterocycles. The summed E-state index contributed by atoms with van der Waals surface area (Å²) in [6.07, 6.45) is 10.1. The number of halogens is 1. The van der Waals surface area contributed by atoms with E-state index < -0.39 is 0 Å². The molecule has 0 spiro atoms. The van der Waals surface area contributed by atoms with Crippen molar-refractivity contribution in [3.05, 3.63) is 71.0 Å². The largest absolute Gasteiger partial charge is 0.327 e. The Bertz CT molecular complexity index is 724. The predicted molar refractivity (Wildman–Crippen MR) is 113 cm³/mol. The summed E-state index contributed by atoms with van der Waals surface area (Å²) in [5.74, 6) is 6.34. The fourth-order valence-electron chi connectivity index (χ4n) is 3.20. The van der Waals surface area contributed by atoms with Gasteiger partial charge in [-0.3, -0.25) is 0 Å². The van der Waals surface area contributed by atoms with Gasteiger partial charge in [-0.15, -0.1) is 0 Å². The van der Waals surface area contributed by atoms with E-state index in [1.807, 2.05) is 6.07 Å². The molecule has 2 N–H and O–H groups in total. The molecule has 0 fully saturated rings. The summed E-state index contributed by atoms with van der Waals surface area (Å²) in [6, 6.07) is 15.0. The van der Waals surface area contributed by atoms with E-state index in [4.69, 9.17) is 5.73 Å². The van der Waals surface area contributed by atoms with E-state index in [9.17, 15) is 4.39 Å². The second-order valence-electron chi connectivity index (χ2n) is 7.28. The maximum Gasteiger partial charge on any atom is 0.126 e. The Labute approximate surface area is 164 Å². The molecule has 0 aliphatic heterocycles. The number of hydrogen-bond donors (Lipinski definition) is 1. The first-order valence-corrected chi connectivity index (χ1v) is 10.3. The average Bonchev–Trinajstić information content (AvgIpc) is 2.67.